The SMILES string of the molecule is CCOC1(c2nc(-c3cncc(S(N)(=O)=O)c3)no2)CCCC1. The van der Waals surface area contributed by atoms with Crippen LogP contribution in [0, 0.1) is 0 Å². The number of nitrogens with zero attached hydrogens (tertiary/aromatic N) is 3. The van der Waals surface area contributed by atoms with Crippen LogP contribution in [0.4, 0.5) is 0 Å². The Morgan fingerprint density at radius 1 is 1.35 bits per heavy atom. The van der Waals surface area contributed by atoms with Gasteiger partial charge in [-0.2, -0.15) is 4.98 Å². The van der Waals surface area contributed by atoms with Gasteiger partial charge in [0.25, 0.3) is 5.89 Å². The molecule has 0 radical (unpaired) electrons. The molecule has 124 valence electrons. The van der Waals surface area contributed by atoms with Crippen LogP contribution in [0.2, 0.25) is 0 Å². The Morgan fingerprint density at radius 2 is 2.09 bits per heavy atom. The smallest absolute Gasteiger partial charge is 0.259 e. The zero-order chi connectivity index (χ0) is 16.5. The van der Waals surface area contributed by atoms with E-state index >= 15 is 0 Å². The molecule has 1 aliphatic carbocycles. The molecule has 2 heterocycles. The predicted octanol–water partition coefficient (Wildman–Crippen LogP) is 1.58. The molecule has 0 atom stereocenters. The van der Waals surface area contributed by atoms with Crippen LogP contribution < -0.4 is 5.14 Å². The summed E-state index contributed by atoms with van der Waals surface area (Å²) in [5.41, 5.74) is -0.110. The van der Waals surface area contributed by atoms with Crippen LogP contribution in [-0.4, -0.2) is 30.1 Å². The molecule has 0 aromatic carbocycles. The molecule has 23 heavy (non-hydrogen) atoms. The van der Waals surface area contributed by atoms with Gasteiger partial charge in [0.1, 0.15) is 10.5 Å². The van der Waals surface area contributed by atoms with Crippen molar-refractivity contribution in [1.82, 2.24) is 15.1 Å². The van der Waals surface area contributed by atoms with Crippen molar-refractivity contribution in [2.24, 2.45) is 5.14 Å². The molecule has 0 unspecified atom stereocenters. The van der Waals surface area contributed by atoms with Gasteiger partial charge < -0.3 is 9.26 Å². The van der Waals surface area contributed by atoms with Gasteiger partial charge in [0.2, 0.25) is 15.8 Å². The average molecular weight is 338 g/mol. The predicted molar refractivity (Wildman–Crippen MR) is 80.7 cm³/mol. The minimum atomic E-state index is -3.84. The van der Waals surface area contributed by atoms with Crippen molar-refractivity contribution in [2.75, 3.05) is 6.61 Å². The zero-order valence-corrected chi connectivity index (χ0v) is 13.5. The first-order valence-corrected chi connectivity index (χ1v) is 8.96. The summed E-state index contributed by atoms with van der Waals surface area (Å²) < 4.78 is 34.1. The third kappa shape index (κ3) is 3.12. The highest BCUT2D eigenvalue weighted by Crippen LogP contribution is 2.41. The van der Waals surface area contributed by atoms with E-state index in [2.05, 4.69) is 15.1 Å². The monoisotopic (exact) mass is 338 g/mol. The maximum absolute atomic E-state index is 11.4. The second-order valence-corrected chi connectivity index (χ2v) is 7.07. The fourth-order valence-corrected chi connectivity index (χ4v) is 3.36. The quantitative estimate of drug-likeness (QED) is 0.878. The van der Waals surface area contributed by atoms with E-state index in [1.165, 1.54) is 18.5 Å². The van der Waals surface area contributed by atoms with Crippen molar-refractivity contribution in [1.29, 1.82) is 0 Å². The van der Waals surface area contributed by atoms with Crippen molar-refractivity contribution in [3.05, 3.63) is 24.4 Å². The molecule has 0 amide bonds. The molecule has 0 saturated heterocycles. The lowest BCUT2D eigenvalue weighted by molar-refractivity contribution is -0.0610. The van der Waals surface area contributed by atoms with E-state index in [9.17, 15) is 8.42 Å². The summed E-state index contributed by atoms with van der Waals surface area (Å²) in [5.74, 6) is 0.692. The summed E-state index contributed by atoms with van der Waals surface area (Å²) >= 11 is 0. The number of aromatic nitrogens is 3. The molecular weight excluding hydrogens is 320 g/mol. The number of hydrogen-bond acceptors (Lipinski definition) is 7. The van der Waals surface area contributed by atoms with E-state index < -0.39 is 15.6 Å². The summed E-state index contributed by atoms with van der Waals surface area (Å²) in [5, 5.41) is 9.06. The van der Waals surface area contributed by atoms with Crippen molar-refractivity contribution in [3.8, 4) is 11.4 Å². The normalized spacial score (nSPS) is 17.5. The summed E-state index contributed by atoms with van der Waals surface area (Å²) in [6, 6.07) is 1.37. The van der Waals surface area contributed by atoms with Gasteiger partial charge in [-0.15, -0.1) is 0 Å². The summed E-state index contributed by atoms with van der Waals surface area (Å²) in [7, 11) is -3.84. The van der Waals surface area contributed by atoms with Crippen LogP contribution in [0.5, 0.6) is 0 Å². The van der Waals surface area contributed by atoms with E-state index in [0.29, 0.717) is 18.1 Å². The van der Waals surface area contributed by atoms with Gasteiger partial charge in [-0.25, -0.2) is 13.6 Å². The summed E-state index contributed by atoms with van der Waals surface area (Å²) in [6.07, 6.45) is 6.39. The van der Waals surface area contributed by atoms with Gasteiger partial charge in [0.15, 0.2) is 0 Å². The lowest BCUT2D eigenvalue weighted by Crippen LogP contribution is -2.26. The Morgan fingerprint density at radius 3 is 2.74 bits per heavy atom. The first-order valence-electron chi connectivity index (χ1n) is 7.41. The van der Waals surface area contributed by atoms with E-state index in [4.69, 9.17) is 14.4 Å². The molecule has 9 heteroatoms. The third-order valence-electron chi connectivity index (χ3n) is 3.95. The molecule has 0 spiro atoms. The Kier molecular flexibility index (Phi) is 4.17. The van der Waals surface area contributed by atoms with E-state index in [1.54, 1.807) is 0 Å². The number of ether oxygens (including phenoxy) is 1. The van der Waals surface area contributed by atoms with Crippen LogP contribution in [0.25, 0.3) is 11.4 Å². The zero-order valence-electron chi connectivity index (χ0n) is 12.7. The first kappa shape index (κ1) is 16.0. The largest absolute Gasteiger partial charge is 0.365 e. The number of pyridine rings is 1. The van der Waals surface area contributed by atoms with Crippen molar-refractivity contribution >= 4 is 10.0 Å². The van der Waals surface area contributed by atoms with Gasteiger partial charge in [-0.1, -0.05) is 5.16 Å². The minimum Gasteiger partial charge on any atom is -0.365 e. The standard InChI is InChI=1S/C14H18N4O4S/c1-2-21-14(5-3-4-6-14)13-17-12(18-22-13)10-7-11(9-16-8-10)23(15,19)20/h7-9H,2-6H2,1H3,(H2,15,19,20). The second-order valence-electron chi connectivity index (χ2n) is 5.51. The molecule has 0 aliphatic heterocycles. The second kappa shape index (κ2) is 5.99. The third-order valence-corrected chi connectivity index (χ3v) is 4.83. The number of primary sulfonamides is 1. The topological polar surface area (TPSA) is 121 Å². The highest BCUT2D eigenvalue weighted by atomic mass is 32.2. The minimum absolute atomic E-state index is 0.0956. The Labute approximate surface area is 134 Å². The molecule has 1 saturated carbocycles. The van der Waals surface area contributed by atoms with Crippen molar-refractivity contribution < 1.29 is 17.7 Å². The lowest BCUT2D eigenvalue weighted by atomic mass is 10.0. The maximum atomic E-state index is 11.4. The fourth-order valence-electron chi connectivity index (χ4n) is 2.86. The molecule has 3 rings (SSSR count). The van der Waals surface area contributed by atoms with Gasteiger partial charge in [-0.3, -0.25) is 4.98 Å². The summed E-state index contributed by atoms with van der Waals surface area (Å²) in [4.78, 5) is 8.18. The first-order chi connectivity index (χ1) is 10.9. The highest BCUT2D eigenvalue weighted by molar-refractivity contribution is 7.89. The van der Waals surface area contributed by atoms with Gasteiger partial charge in [0.05, 0.1) is 0 Å². The molecule has 0 bridgehead atoms. The molecule has 1 aliphatic rings. The fraction of sp³-hybridized carbons (Fsp3) is 0.500. The average Bonchev–Trinajstić information content (AvgIpc) is 3.16. The van der Waals surface area contributed by atoms with E-state index in [0.717, 1.165) is 25.7 Å². The lowest BCUT2D eigenvalue weighted by Gasteiger charge is -2.24. The van der Waals surface area contributed by atoms with E-state index in [-0.39, 0.29) is 10.7 Å². The molecule has 2 aromatic heterocycles. The van der Waals surface area contributed by atoms with Crippen LogP contribution in [-0.2, 0) is 20.4 Å². The maximum Gasteiger partial charge on any atom is 0.259 e. The molecule has 8 nitrogen and oxygen atoms in total. The van der Waals surface area contributed by atoms with Crippen LogP contribution in [0.3, 0.4) is 0 Å². The Bertz CT molecular complexity index is 797. The van der Waals surface area contributed by atoms with Crippen LogP contribution in [0.1, 0.15) is 38.5 Å². The van der Waals surface area contributed by atoms with Gasteiger partial charge >= 0.3 is 0 Å². The number of sulfonamides is 1. The number of rotatable bonds is 5. The van der Waals surface area contributed by atoms with E-state index in [1.807, 2.05) is 6.92 Å². The van der Waals surface area contributed by atoms with Gasteiger partial charge in [0, 0.05) is 24.6 Å². The van der Waals surface area contributed by atoms with Crippen molar-refractivity contribution in [3.63, 3.8) is 0 Å². The molecule has 2 N–H and O–H groups in total. The Hall–Kier alpha value is -1.84. The number of nitrogens with two attached hydrogens (primary N) is 1. The number of hydrogen-bond donors (Lipinski definition) is 1. The molecule has 2 aromatic rings. The summed E-state index contributed by atoms with van der Waals surface area (Å²) in [6.45, 7) is 2.48. The molecular formula is C14H18N4O4S. The molecule has 1 fully saturated rings. The van der Waals surface area contributed by atoms with Crippen LogP contribution in [0.15, 0.2) is 27.9 Å². The van der Waals surface area contributed by atoms with Gasteiger partial charge in [-0.05, 0) is 38.7 Å². The van der Waals surface area contributed by atoms with Crippen molar-refractivity contribution in [2.45, 2.75) is 43.1 Å². The highest BCUT2D eigenvalue weighted by Gasteiger charge is 2.41. The van der Waals surface area contributed by atoms with Crippen LogP contribution >= 0.6 is 0 Å². The Balaban J connectivity index is 1.96.